The maximum absolute atomic E-state index is 13.3. The number of ether oxygens (including phenoxy) is 1. The summed E-state index contributed by atoms with van der Waals surface area (Å²) in [6, 6.07) is 0. The van der Waals surface area contributed by atoms with Crippen LogP contribution in [0.2, 0.25) is 0 Å². The zero-order chi connectivity index (χ0) is 17.1. The van der Waals surface area contributed by atoms with Crippen LogP contribution in [0.3, 0.4) is 0 Å². The third-order valence-corrected chi connectivity index (χ3v) is 5.86. The van der Waals surface area contributed by atoms with Crippen molar-refractivity contribution in [2.45, 2.75) is 70.4 Å². The highest BCUT2D eigenvalue weighted by Crippen LogP contribution is 2.42. The number of carboxylic acid groups (broad SMARTS) is 1. The molecule has 0 aromatic carbocycles. The number of aliphatic carboxylic acids is 1. The minimum atomic E-state index is -1.12. The Balaban J connectivity index is 2.03. The van der Waals surface area contributed by atoms with E-state index in [1.165, 1.54) is 0 Å². The minimum Gasteiger partial charge on any atom is -0.480 e. The lowest BCUT2D eigenvalue weighted by Gasteiger charge is -2.46. The maximum Gasteiger partial charge on any atom is 0.329 e. The van der Waals surface area contributed by atoms with E-state index in [1.54, 1.807) is 0 Å². The van der Waals surface area contributed by atoms with Gasteiger partial charge in [0, 0.05) is 0 Å². The summed E-state index contributed by atoms with van der Waals surface area (Å²) >= 11 is 0. The lowest BCUT2D eigenvalue weighted by molar-refractivity contribution is -0.179. The van der Waals surface area contributed by atoms with Crippen LogP contribution in [0.15, 0.2) is 0 Å². The Morgan fingerprint density at radius 2 is 1.83 bits per heavy atom. The van der Waals surface area contributed by atoms with E-state index in [0.717, 1.165) is 12.8 Å². The molecule has 0 amide bonds. The second kappa shape index (κ2) is 7.90. The molecule has 2 aliphatic rings. The summed E-state index contributed by atoms with van der Waals surface area (Å²) < 4.78 is 18.6. The quantitative estimate of drug-likeness (QED) is 0.717. The molecule has 23 heavy (non-hydrogen) atoms. The molecular formula is C17H29FO5. The molecule has 0 bridgehead atoms. The molecule has 2 rings (SSSR count). The molecule has 2 aliphatic carbocycles. The summed E-state index contributed by atoms with van der Waals surface area (Å²) in [5.74, 6) is -0.684. The van der Waals surface area contributed by atoms with Crippen LogP contribution >= 0.6 is 0 Å². The summed E-state index contributed by atoms with van der Waals surface area (Å²) in [4.78, 5) is 10.7. The topological polar surface area (TPSA) is 87.0 Å². The van der Waals surface area contributed by atoms with E-state index in [9.17, 15) is 19.4 Å². The van der Waals surface area contributed by atoms with Crippen molar-refractivity contribution in [3.8, 4) is 0 Å². The molecule has 0 aromatic heterocycles. The molecule has 0 aliphatic heterocycles. The number of hydrogen-bond acceptors (Lipinski definition) is 4. The van der Waals surface area contributed by atoms with Crippen LogP contribution in [0.5, 0.6) is 0 Å². The summed E-state index contributed by atoms with van der Waals surface area (Å²) in [7, 11) is 0. The molecule has 6 unspecified atom stereocenters. The van der Waals surface area contributed by atoms with E-state index in [1.807, 2.05) is 6.92 Å². The SMILES string of the molecule is CC1CC(C(C)C2CCC(F)CC2)C(O)C(OCC(=O)O)C1O. The normalized spacial score (nSPS) is 43.1. The van der Waals surface area contributed by atoms with Gasteiger partial charge in [0.15, 0.2) is 0 Å². The number of alkyl halides is 1. The molecule has 2 saturated carbocycles. The fourth-order valence-corrected chi connectivity index (χ4v) is 4.32. The summed E-state index contributed by atoms with van der Waals surface area (Å²) in [5, 5.41) is 29.6. The Morgan fingerprint density at radius 3 is 2.39 bits per heavy atom. The fourth-order valence-electron chi connectivity index (χ4n) is 4.32. The van der Waals surface area contributed by atoms with Crippen molar-refractivity contribution in [3.63, 3.8) is 0 Å². The second-order valence-electron chi connectivity index (χ2n) is 7.40. The monoisotopic (exact) mass is 332 g/mol. The van der Waals surface area contributed by atoms with E-state index in [-0.39, 0.29) is 17.8 Å². The van der Waals surface area contributed by atoms with Crippen LogP contribution < -0.4 is 0 Å². The predicted octanol–water partition coefficient (Wildman–Crippen LogP) is 2.00. The van der Waals surface area contributed by atoms with Crippen molar-refractivity contribution in [2.75, 3.05) is 6.61 Å². The van der Waals surface area contributed by atoms with Crippen LogP contribution in [0.4, 0.5) is 4.39 Å². The van der Waals surface area contributed by atoms with Crippen molar-refractivity contribution in [3.05, 3.63) is 0 Å². The van der Waals surface area contributed by atoms with E-state index < -0.39 is 37.1 Å². The van der Waals surface area contributed by atoms with Gasteiger partial charge in [-0.15, -0.1) is 0 Å². The van der Waals surface area contributed by atoms with Gasteiger partial charge in [-0.1, -0.05) is 13.8 Å². The number of aliphatic hydroxyl groups excluding tert-OH is 2. The van der Waals surface area contributed by atoms with Gasteiger partial charge < -0.3 is 20.1 Å². The van der Waals surface area contributed by atoms with Crippen molar-refractivity contribution >= 4 is 5.97 Å². The molecule has 6 heteroatoms. The number of halogens is 1. The number of carbonyl (C=O) groups is 1. The van der Waals surface area contributed by atoms with Gasteiger partial charge in [0.05, 0.1) is 12.2 Å². The van der Waals surface area contributed by atoms with Gasteiger partial charge in [-0.3, -0.25) is 0 Å². The van der Waals surface area contributed by atoms with E-state index >= 15 is 0 Å². The Morgan fingerprint density at radius 1 is 1.22 bits per heavy atom. The molecule has 3 N–H and O–H groups in total. The van der Waals surface area contributed by atoms with Crippen LogP contribution in [-0.4, -0.2) is 52.4 Å². The maximum atomic E-state index is 13.3. The molecule has 0 saturated heterocycles. The summed E-state index contributed by atoms with van der Waals surface area (Å²) in [6.45, 7) is 3.45. The Hall–Kier alpha value is -0.720. The van der Waals surface area contributed by atoms with Gasteiger partial charge in [0.1, 0.15) is 18.9 Å². The number of hydrogen-bond donors (Lipinski definition) is 3. The number of rotatable bonds is 5. The van der Waals surface area contributed by atoms with Gasteiger partial charge in [-0.2, -0.15) is 0 Å². The van der Waals surface area contributed by atoms with Gasteiger partial charge in [0.2, 0.25) is 0 Å². The molecule has 5 nitrogen and oxygen atoms in total. The van der Waals surface area contributed by atoms with Gasteiger partial charge in [-0.05, 0) is 55.8 Å². The average molecular weight is 332 g/mol. The first-order valence-electron chi connectivity index (χ1n) is 8.64. The van der Waals surface area contributed by atoms with E-state index in [0.29, 0.717) is 25.2 Å². The third kappa shape index (κ3) is 4.43. The lowest BCUT2D eigenvalue weighted by Crippen LogP contribution is -2.54. The van der Waals surface area contributed by atoms with E-state index in [4.69, 9.17) is 9.84 Å². The second-order valence-corrected chi connectivity index (χ2v) is 7.40. The Bertz CT molecular complexity index is 396. The smallest absolute Gasteiger partial charge is 0.329 e. The fraction of sp³-hybridized carbons (Fsp3) is 0.941. The average Bonchev–Trinajstić information content (AvgIpc) is 2.50. The van der Waals surface area contributed by atoms with Gasteiger partial charge in [0.25, 0.3) is 0 Å². The molecule has 0 heterocycles. The Labute approximate surface area is 136 Å². The van der Waals surface area contributed by atoms with E-state index in [2.05, 4.69) is 6.92 Å². The molecule has 134 valence electrons. The lowest BCUT2D eigenvalue weighted by atomic mass is 9.66. The predicted molar refractivity (Wildman–Crippen MR) is 82.7 cm³/mol. The van der Waals surface area contributed by atoms with Gasteiger partial charge >= 0.3 is 5.97 Å². The van der Waals surface area contributed by atoms with Crippen LogP contribution in [0, 0.1) is 23.7 Å². The van der Waals surface area contributed by atoms with Crippen molar-refractivity contribution < 1.29 is 29.2 Å². The zero-order valence-electron chi connectivity index (χ0n) is 13.9. The highest BCUT2D eigenvalue weighted by atomic mass is 19.1. The number of carboxylic acids is 1. The highest BCUT2D eigenvalue weighted by molar-refractivity contribution is 5.68. The third-order valence-electron chi connectivity index (χ3n) is 5.86. The largest absolute Gasteiger partial charge is 0.480 e. The Kier molecular flexibility index (Phi) is 6.40. The minimum absolute atomic E-state index is 0.0617. The summed E-state index contributed by atoms with van der Waals surface area (Å²) in [5.41, 5.74) is 0. The zero-order valence-corrected chi connectivity index (χ0v) is 13.9. The highest BCUT2D eigenvalue weighted by Gasteiger charge is 2.46. The molecule has 0 aromatic rings. The summed E-state index contributed by atoms with van der Waals surface area (Å²) in [6.07, 6.45) is 0.136. The van der Waals surface area contributed by atoms with Crippen molar-refractivity contribution in [1.82, 2.24) is 0 Å². The van der Waals surface area contributed by atoms with Crippen molar-refractivity contribution in [2.24, 2.45) is 23.7 Å². The first-order valence-corrected chi connectivity index (χ1v) is 8.64. The van der Waals surface area contributed by atoms with Crippen LogP contribution in [0.1, 0.15) is 46.0 Å². The standard InChI is InChI=1S/C17H29FO5/c1-9-7-13(10(2)11-3-5-12(18)6-4-11)16(22)17(15(9)21)23-8-14(19)20/h9-13,15-17,21-22H,3-8H2,1-2H3,(H,19,20). The van der Waals surface area contributed by atoms with Crippen LogP contribution in [0.25, 0.3) is 0 Å². The molecule has 2 fully saturated rings. The number of aliphatic hydroxyl groups is 2. The molecule has 0 spiro atoms. The van der Waals surface area contributed by atoms with Gasteiger partial charge in [-0.25, -0.2) is 9.18 Å². The van der Waals surface area contributed by atoms with Crippen LogP contribution in [-0.2, 0) is 9.53 Å². The molecule has 0 radical (unpaired) electrons. The molecular weight excluding hydrogens is 303 g/mol. The first kappa shape index (κ1) is 18.6. The first-order chi connectivity index (χ1) is 10.8. The molecule has 6 atom stereocenters. The van der Waals surface area contributed by atoms with Crippen molar-refractivity contribution in [1.29, 1.82) is 0 Å².